The Balaban J connectivity index is 1.54. The molecule has 0 saturated carbocycles. The summed E-state index contributed by atoms with van der Waals surface area (Å²) in [4.78, 5) is 24.9. The summed E-state index contributed by atoms with van der Waals surface area (Å²) >= 11 is 1.58. The van der Waals surface area contributed by atoms with Gasteiger partial charge >= 0.3 is 5.97 Å². The quantitative estimate of drug-likeness (QED) is 0.663. The maximum Gasteiger partial charge on any atom is 0.338 e. The smallest absolute Gasteiger partial charge is 0.338 e. The van der Waals surface area contributed by atoms with E-state index in [1.54, 1.807) is 30.0 Å². The summed E-state index contributed by atoms with van der Waals surface area (Å²) in [5.74, 6) is 0.0735. The molecule has 0 unspecified atom stereocenters. The van der Waals surface area contributed by atoms with Crippen molar-refractivity contribution in [2.45, 2.75) is 4.90 Å². The molecule has 0 bridgehead atoms. The number of thioether (sulfide) groups is 1. The Morgan fingerprint density at radius 3 is 2.83 bits per heavy atom. The number of esters is 1. The fourth-order valence-electron chi connectivity index (χ4n) is 2.14. The molecule has 0 saturated heterocycles. The van der Waals surface area contributed by atoms with Crippen molar-refractivity contribution in [2.75, 3.05) is 25.0 Å². The highest BCUT2D eigenvalue weighted by Gasteiger charge is 2.17. The van der Waals surface area contributed by atoms with Gasteiger partial charge in [-0.3, -0.25) is 4.79 Å². The molecule has 1 heterocycles. The number of amides is 1. The number of carbonyl (C=O) groups excluding carboxylic acids is 2. The van der Waals surface area contributed by atoms with Crippen LogP contribution in [0.25, 0.3) is 0 Å². The fraction of sp³-hybridized carbons (Fsp3) is 0.176. The normalized spacial score (nSPS) is 11.9. The van der Waals surface area contributed by atoms with Gasteiger partial charge in [0.2, 0.25) is 6.79 Å². The number of hydrogen-bond acceptors (Lipinski definition) is 6. The van der Waals surface area contributed by atoms with Crippen molar-refractivity contribution in [3.63, 3.8) is 0 Å². The van der Waals surface area contributed by atoms with Crippen molar-refractivity contribution in [3.8, 4) is 11.5 Å². The molecule has 0 aliphatic carbocycles. The number of carbonyl (C=O) groups is 2. The van der Waals surface area contributed by atoms with Crippen LogP contribution in [0.1, 0.15) is 10.4 Å². The van der Waals surface area contributed by atoms with Crippen LogP contribution < -0.4 is 14.8 Å². The summed E-state index contributed by atoms with van der Waals surface area (Å²) in [5, 5.41) is 2.69. The van der Waals surface area contributed by atoms with E-state index >= 15 is 0 Å². The van der Waals surface area contributed by atoms with Crippen LogP contribution in [0.4, 0.5) is 5.69 Å². The van der Waals surface area contributed by atoms with E-state index in [1.165, 1.54) is 6.07 Å². The van der Waals surface area contributed by atoms with Gasteiger partial charge in [-0.15, -0.1) is 11.8 Å². The Morgan fingerprint density at radius 1 is 1.17 bits per heavy atom. The van der Waals surface area contributed by atoms with Gasteiger partial charge in [-0.2, -0.15) is 0 Å². The van der Waals surface area contributed by atoms with Crippen molar-refractivity contribution >= 4 is 29.3 Å². The maximum atomic E-state index is 12.0. The second kappa shape index (κ2) is 7.27. The minimum atomic E-state index is -0.596. The standard InChI is InChI=1S/C17H15NO5S/c1-24-13-4-2-3-12(8-13)18-16(19)9-21-17(20)11-5-6-14-15(7-11)23-10-22-14/h2-8H,9-10H2,1H3,(H,18,19). The van der Waals surface area contributed by atoms with Gasteiger partial charge in [-0.05, 0) is 42.7 Å². The molecule has 3 rings (SSSR count). The van der Waals surface area contributed by atoms with Crippen molar-refractivity contribution in [3.05, 3.63) is 48.0 Å². The lowest BCUT2D eigenvalue weighted by atomic mass is 10.2. The summed E-state index contributed by atoms with van der Waals surface area (Å²) in [6.45, 7) is -0.234. The van der Waals surface area contributed by atoms with Gasteiger partial charge in [0.1, 0.15) is 0 Å². The van der Waals surface area contributed by atoms with Crippen molar-refractivity contribution in [2.24, 2.45) is 0 Å². The Morgan fingerprint density at radius 2 is 2.00 bits per heavy atom. The van der Waals surface area contributed by atoms with Gasteiger partial charge in [0, 0.05) is 10.6 Å². The zero-order chi connectivity index (χ0) is 16.9. The Kier molecular flexibility index (Phi) is 4.90. The number of ether oxygens (including phenoxy) is 3. The molecule has 1 amide bonds. The van der Waals surface area contributed by atoms with E-state index in [9.17, 15) is 9.59 Å². The lowest BCUT2D eigenvalue weighted by Crippen LogP contribution is -2.20. The molecular weight excluding hydrogens is 330 g/mol. The first-order valence-corrected chi connectivity index (χ1v) is 8.39. The number of anilines is 1. The second-order valence-electron chi connectivity index (χ2n) is 4.92. The van der Waals surface area contributed by atoms with Crippen LogP contribution in [-0.4, -0.2) is 31.5 Å². The molecular formula is C17H15NO5S. The van der Waals surface area contributed by atoms with E-state index in [1.807, 2.05) is 24.5 Å². The van der Waals surface area contributed by atoms with E-state index in [0.717, 1.165) is 4.90 Å². The van der Waals surface area contributed by atoms with E-state index in [-0.39, 0.29) is 13.4 Å². The lowest BCUT2D eigenvalue weighted by molar-refractivity contribution is -0.119. The average molecular weight is 345 g/mol. The molecule has 7 heteroatoms. The third-order valence-corrected chi connectivity index (χ3v) is 4.02. The molecule has 1 aliphatic heterocycles. The highest BCUT2D eigenvalue weighted by atomic mass is 32.2. The molecule has 2 aromatic rings. The lowest BCUT2D eigenvalue weighted by Gasteiger charge is -2.08. The molecule has 0 aromatic heterocycles. The van der Waals surface area contributed by atoms with Crippen molar-refractivity contribution in [1.82, 2.24) is 0 Å². The monoisotopic (exact) mass is 345 g/mol. The largest absolute Gasteiger partial charge is 0.454 e. The summed E-state index contributed by atoms with van der Waals surface area (Å²) in [5.41, 5.74) is 0.961. The zero-order valence-electron chi connectivity index (χ0n) is 12.9. The number of benzene rings is 2. The molecule has 0 fully saturated rings. The molecule has 0 spiro atoms. The van der Waals surface area contributed by atoms with Crippen molar-refractivity contribution < 1.29 is 23.8 Å². The third kappa shape index (κ3) is 3.80. The maximum absolute atomic E-state index is 12.0. The molecule has 24 heavy (non-hydrogen) atoms. The Labute approximate surface area is 143 Å². The van der Waals surface area contributed by atoms with Crippen LogP contribution >= 0.6 is 11.8 Å². The highest BCUT2D eigenvalue weighted by Crippen LogP contribution is 2.32. The Bertz CT molecular complexity index is 777. The predicted molar refractivity (Wildman–Crippen MR) is 89.7 cm³/mol. The molecule has 0 radical (unpaired) electrons. The van der Waals surface area contributed by atoms with Gasteiger partial charge in [0.25, 0.3) is 5.91 Å². The van der Waals surface area contributed by atoms with Gasteiger partial charge in [0.05, 0.1) is 5.56 Å². The molecule has 124 valence electrons. The van der Waals surface area contributed by atoms with Crippen LogP contribution in [0, 0.1) is 0 Å². The third-order valence-electron chi connectivity index (χ3n) is 3.30. The summed E-state index contributed by atoms with van der Waals surface area (Å²) in [6, 6.07) is 12.1. The number of fused-ring (bicyclic) bond motifs is 1. The highest BCUT2D eigenvalue weighted by molar-refractivity contribution is 7.98. The van der Waals surface area contributed by atoms with E-state index in [4.69, 9.17) is 14.2 Å². The van der Waals surface area contributed by atoms with Crippen molar-refractivity contribution in [1.29, 1.82) is 0 Å². The summed E-state index contributed by atoms with van der Waals surface area (Å²) in [7, 11) is 0. The molecule has 1 N–H and O–H groups in total. The van der Waals surface area contributed by atoms with Gasteiger partial charge in [-0.25, -0.2) is 4.79 Å². The molecule has 6 nitrogen and oxygen atoms in total. The average Bonchev–Trinajstić information content (AvgIpc) is 3.07. The van der Waals surface area contributed by atoms with E-state index < -0.39 is 11.9 Å². The minimum absolute atomic E-state index is 0.130. The van der Waals surface area contributed by atoms with E-state index in [2.05, 4.69) is 5.32 Å². The van der Waals surface area contributed by atoms with Crippen LogP contribution in [0.2, 0.25) is 0 Å². The molecule has 2 aromatic carbocycles. The van der Waals surface area contributed by atoms with E-state index in [0.29, 0.717) is 22.7 Å². The predicted octanol–water partition coefficient (Wildman–Crippen LogP) is 2.93. The minimum Gasteiger partial charge on any atom is -0.454 e. The topological polar surface area (TPSA) is 73.9 Å². The fourth-order valence-corrected chi connectivity index (χ4v) is 2.60. The summed E-state index contributed by atoms with van der Waals surface area (Å²) < 4.78 is 15.4. The van der Waals surface area contributed by atoms with Gasteiger partial charge in [-0.1, -0.05) is 6.07 Å². The second-order valence-corrected chi connectivity index (χ2v) is 5.80. The number of hydrogen-bond donors (Lipinski definition) is 1. The number of nitrogens with one attached hydrogen (secondary N) is 1. The first-order chi connectivity index (χ1) is 11.7. The Hall–Kier alpha value is -2.67. The van der Waals surface area contributed by atoms with Crippen LogP contribution in [0.5, 0.6) is 11.5 Å². The first-order valence-electron chi connectivity index (χ1n) is 7.16. The molecule has 1 aliphatic rings. The van der Waals surface area contributed by atoms with Crippen LogP contribution in [0.3, 0.4) is 0 Å². The SMILES string of the molecule is CSc1cccc(NC(=O)COC(=O)c2ccc3c(c2)OCO3)c1. The zero-order valence-corrected chi connectivity index (χ0v) is 13.7. The molecule has 0 atom stereocenters. The van der Waals surface area contributed by atoms with Crippen LogP contribution in [-0.2, 0) is 9.53 Å². The number of rotatable bonds is 5. The summed E-state index contributed by atoms with van der Waals surface area (Å²) in [6.07, 6.45) is 1.95. The van der Waals surface area contributed by atoms with Gasteiger partial charge in [0.15, 0.2) is 18.1 Å². The first kappa shape index (κ1) is 16.2. The van der Waals surface area contributed by atoms with Gasteiger partial charge < -0.3 is 19.5 Å². The van der Waals surface area contributed by atoms with Crippen LogP contribution in [0.15, 0.2) is 47.4 Å².